The molecule has 8 nitrogen and oxygen atoms in total. The summed E-state index contributed by atoms with van der Waals surface area (Å²) >= 11 is 0. The molecule has 0 amide bonds. The third kappa shape index (κ3) is 3.74. The second kappa shape index (κ2) is 7.43. The van der Waals surface area contributed by atoms with E-state index in [1.54, 1.807) is 32.4 Å². The minimum Gasteiger partial charge on any atom is -0.493 e. The van der Waals surface area contributed by atoms with Crippen LogP contribution in [0.25, 0.3) is 11.3 Å². The first kappa shape index (κ1) is 16.4. The molecule has 1 aromatic carbocycles. The van der Waals surface area contributed by atoms with Gasteiger partial charge in [-0.3, -0.25) is 4.98 Å². The Kier molecular flexibility index (Phi) is 4.89. The van der Waals surface area contributed by atoms with Gasteiger partial charge in [0.15, 0.2) is 23.0 Å². The summed E-state index contributed by atoms with van der Waals surface area (Å²) in [7, 11) is 3.12. The highest BCUT2D eigenvalue weighted by atomic mass is 16.5. The van der Waals surface area contributed by atoms with Gasteiger partial charge >= 0.3 is 5.97 Å². The topological polar surface area (TPSA) is 96.6 Å². The zero-order chi connectivity index (χ0) is 17.6. The molecule has 0 aliphatic rings. The van der Waals surface area contributed by atoms with E-state index in [-0.39, 0.29) is 12.3 Å². The van der Waals surface area contributed by atoms with Crippen molar-refractivity contribution >= 4 is 5.97 Å². The van der Waals surface area contributed by atoms with E-state index >= 15 is 0 Å². The number of carbonyl (C=O) groups excluding carboxylic acids is 1. The van der Waals surface area contributed by atoms with Gasteiger partial charge in [0.2, 0.25) is 0 Å². The fourth-order valence-corrected chi connectivity index (χ4v) is 2.12. The number of aromatic nitrogens is 3. The number of nitrogens with zero attached hydrogens (tertiary/aromatic N) is 3. The van der Waals surface area contributed by atoms with E-state index in [0.717, 1.165) is 5.56 Å². The van der Waals surface area contributed by atoms with Crippen LogP contribution in [-0.2, 0) is 11.3 Å². The SMILES string of the molecule is COc1ccc(-c2cc(COC(=O)c3cnccn3)no2)cc1OC. The largest absolute Gasteiger partial charge is 0.493 e. The van der Waals surface area contributed by atoms with E-state index in [4.69, 9.17) is 18.7 Å². The number of esters is 1. The zero-order valence-electron chi connectivity index (χ0n) is 13.6. The van der Waals surface area contributed by atoms with E-state index < -0.39 is 5.97 Å². The summed E-state index contributed by atoms with van der Waals surface area (Å²) < 4.78 is 20.9. The summed E-state index contributed by atoms with van der Waals surface area (Å²) in [6.45, 7) is -0.0355. The standard InChI is InChI=1S/C17H15N3O5/c1-22-14-4-3-11(7-16(14)23-2)15-8-12(20-25-15)10-24-17(21)13-9-18-5-6-19-13/h3-9H,10H2,1-2H3. The molecule has 0 N–H and O–H groups in total. The van der Waals surface area contributed by atoms with Gasteiger partial charge in [0.25, 0.3) is 0 Å². The fourth-order valence-electron chi connectivity index (χ4n) is 2.12. The molecule has 2 aromatic heterocycles. The van der Waals surface area contributed by atoms with Gasteiger partial charge in [0.05, 0.1) is 20.4 Å². The van der Waals surface area contributed by atoms with Crippen LogP contribution in [0.4, 0.5) is 0 Å². The van der Waals surface area contributed by atoms with Crippen molar-refractivity contribution in [2.24, 2.45) is 0 Å². The van der Waals surface area contributed by atoms with Gasteiger partial charge in [-0.15, -0.1) is 0 Å². The molecule has 3 aromatic rings. The molecule has 0 bridgehead atoms. The predicted octanol–water partition coefficient (Wildman–Crippen LogP) is 2.51. The molecule has 0 spiro atoms. The molecular formula is C17H15N3O5. The van der Waals surface area contributed by atoms with Crippen LogP contribution >= 0.6 is 0 Å². The van der Waals surface area contributed by atoms with Gasteiger partial charge in [-0.1, -0.05) is 5.16 Å². The lowest BCUT2D eigenvalue weighted by molar-refractivity contribution is 0.0456. The Morgan fingerprint density at radius 2 is 1.96 bits per heavy atom. The first-order chi connectivity index (χ1) is 12.2. The maximum absolute atomic E-state index is 11.8. The molecule has 0 radical (unpaired) electrons. The zero-order valence-corrected chi connectivity index (χ0v) is 13.6. The first-order valence-electron chi connectivity index (χ1n) is 7.32. The highest BCUT2D eigenvalue weighted by Gasteiger charge is 2.13. The van der Waals surface area contributed by atoms with Gasteiger partial charge in [0, 0.05) is 24.0 Å². The Balaban J connectivity index is 1.69. The number of hydrogen-bond donors (Lipinski definition) is 0. The molecule has 0 aliphatic heterocycles. The van der Waals surface area contributed by atoms with Crippen LogP contribution in [0.5, 0.6) is 11.5 Å². The Labute approximate surface area is 143 Å². The van der Waals surface area contributed by atoms with Crippen LogP contribution in [0.1, 0.15) is 16.2 Å². The fraction of sp³-hybridized carbons (Fsp3) is 0.176. The summed E-state index contributed by atoms with van der Waals surface area (Å²) in [5.41, 5.74) is 1.37. The van der Waals surface area contributed by atoms with Gasteiger partial charge in [-0.2, -0.15) is 0 Å². The minimum atomic E-state index is -0.580. The number of benzene rings is 1. The van der Waals surface area contributed by atoms with E-state index in [2.05, 4.69) is 15.1 Å². The average molecular weight is 341 g/mol. The number of rotatable bonds is 6. The van der Waals surface area contributed by atoms with Crippen molar-refractivity contribution < 1.29 is 23.5 Å². The summed E-state index contributed by atoms with van der Waals surface area (Å²) in [6.07, 6.45) is 4.23. The molecule has 3 rings (SSSR count). The van der Waals surface area contributed by atoms with Gasteiger partial charge < -0.3 is 18.7 Å². The molecular weight excluding hydrogens is 326 g/mol. The quantitative estimate of drug-likeness (QED) is 0.631. The van der Waals surface area contributed by atoms with Crippen molar-refractivity contribution in [2.75, 3.05) is 14.2 Å². The summed E-state index contributed by atoms with van der Waals surface area (Å²) in [6, 6.07) is 7.04. The maximum atomic E-state index is 11.8. The van der Waals surface area contributed by atoms with Crippen LogP contribution < -0.4 is 9.47 Å². The van der Waals surface area contributed by atoms with E-state index in [1.807, 2.05) is 6.07 Å². The molecule has 0 aliphatic carbocycles. The predicted molar refractivity (Wildman–Crippen MR) is 86.2 cm³/mol. The second-order valence-electron chi connectivity index (χ2n) is 4.92. The molecule has 25 heavy (non-hydrogen) atoms. The van der Waals surface area contributed by atoms with Crippen LogP contribution in [0.15, 0.2) is 47.4 Å². The van der Waals surface area contributed by atoms with Gasteiger partial charge in [-0.25, -0.2) is 9.78 Å². The molecule has 0 unspecified atom stereocenters. The van der Waals surface area contributed by atoms with Crippen molar-refractivity contribution in [3.05, 3.63) is 54.2 Å². The summed E-state index contributed by atoms with van der Waals surface area (Å²) in [5.74, 6) is 1.13. The molecule has 128 valence electrons. The lowest BCUT2D eigenvalue weighted by Gasteiger charge is -2.07. The Hall–Kier alpha value is -3.42. The van der Waals surface area contributed by atoms with Crippen LogP contribution in [-0.4, -0.2) is 35.3 Å². The van der Waals surface area contributed by atoms with Crippen molar-refractivity contribution in [3.8, 4) is 22.8 Å². The smallest absolute Gasteiger partial charge is 0.358 e. The summed E-state index contributed by atoms with van der Waals surface area (Å²) in [4.78, 5) is 19.5. The normalized spacial score (nSPS) is 10.3. The molecule has 2 heterocycles. The van der Waals surface area contributed by atoms with Gasteiger partial charge in [-0.05, 0) is 18.2 Å². The molecule has 8 heteroatoms. The average Bonchev–Trinajstić information content (AvgIpc) is 3.15. The van der Waals surface area contributed by atoms with Crippen LogP contribution in [0.3, 0.4) is 0 Å². The highest BCUT2D eigenvalue weighted by molar-refractivity contribution is 5.86. The number of carbonyl (C=O) groups is 1. The van der Waals surface area contributed by atoms with Crippen molar-refractivity contribution in [3.63, 3.8) is 0 Å². The number of hydrogen-bond acceptors (Lipinski definition) is 8. The lowest BCUT2D eigenvalue weighted by Crippen LogP contribution is -2.07. The Morgan fingerprint density at radius 1 is 1.12 bits per heavy atom. The third-order valence-corrected chi connectivity index (χ3v) is 3.35. The van der Waals surface area contributed by atoms with E-state index in [1.165, 1.54) is 18.6 Å². The molecule has 0 atom stereocenters. The van der Waals surface area contributed by atoms with Crippen molar-refractivity contribution in [1.82, 2.24) is 15.1 Å². The highest BCUT2D eigenvalue weighted by Crippen LogP contribution is 2.32. The molecule has 0 fully saturated rings. The van der Waals surface area contributed by atoms with E-state index in [0.29, 0.717) is 23.0 Å². The van der Waals surface area contributed by atoms with Crippen LogP contribution in [0.2, 0.25) is 0 Å². The van der Waals surface area contributed by atoms with E-state index in [9.17, 15) is 4.79 Å². The second-order valence-corrected chi connectivity index (χ2v) is 4.92. The maximum Gasteiger partial charge on any atom is 0.358 e. The number of methoxy groups -OCH3 is 2. The summed E-state index contributed by atoms with van der Waals surface area (Å²) in [5, 5.41) is 3.90. The lowest BCUT2D eigenvalue weighted by atomic mass is 10.1. The third-order valence-electron chi connectivity index (χ3n) is 3.35. The Bertz CT molecular complexity index is 864. The first-order valence-corrected chi connectivity index (χ1v) is 7.32. The molecule has 0 saturated heterocycles. The van der Waals surface area contributed by atoms with Crippen molar-refractivity contribution in [2.45, 2.75) is 6.61 Å². The number of ether oxygens (including phenoxy) is 3. The molecule has 0 saturated carbocycles. The Morgan fingerprint density at radius 3 is 2.68 bits per heavy atom. The van der Waals surface area contributed by atoms with Crippen molar-refractivity contribution in [1.29, 1.82) is 0 Å². The minimum absolute atomic E-state index is 0.0355. The van der Waals surface area contributed by atoms with Gasteiger partial charge in [0.1, 0.15) is 12.3 Å². The van der Waals surface area contributed by atoms with Crippen LogP contribution in [0, 0.1) is 0 Å². The monoisotopic (exact) mass is 341 g/mol.